The lowest BCUT2D eigenvalue weighted by molar-refractivity contribution is 0.392. The van der Waals surface area contributed by atoms with Gasteiger partial charge in [-0.1, -0.05) is 13.8 Å². The number of hydrogen-bond donors (Lipinski definition) is 1. The summed E-state index contributed by atoms with van der Waals surface area (Å²) in [4.78, 5) is 9.15. The zero-order chi connectivity index (χ0) is 15.2. The van der Waals surface area contributed by atoms with Crippen LogP contribution in [0.15, 0.2) is 12.1 Å². The van der Waals surface area contributed by atoms with Crippen molar-refractivity contribution in [2.24, 2.45) is 0 Å². The molecule has 0 saturated carbocycles. The van der Waals surface area contributed by atoms with Gasteiger partial charge in [0, 0.05) is 12.6 Å². The number of rotatable bonds is 6. The number of halogens is 1. The molecule has 112 valence electrons. The highest BCUT2D eigenvalue weighted by Gasteiger charge is 2.13. The third-order valence-electron chi connectivity index (χ3n) is 2.88. The molecular weight excluding hydrogens is 381 g/mol. The van der Waals surface area contributed by atoms with E-state index in [0.717, 1.165) is 34.5 Å². The molecule has 6 nitrogen and oxygen atoms in total. The normalized spacial score (nSPS) is 10.5. The van der Waals surface area contributed by atoms with Crippen molar-refractivity contribution in [3.8, 4) is 17.4 Å². The molecule has 0 bridgehead atoms. The highest BCUT2D eigenvalue weighted by molar-refractivity contribution is 14.1. The van der Waals surface area contributed by atoms with Crippen molar-refractivity contribution in [1.82, 2.24) is 20.2 Å². The Morgan fingerprint density at radius 3 is 2.57 bits per heavy atom. The second kappa shape index (κ2) is 7.48. The fourth-order valence-corrected chi connectivity index (χ4v) is 2.56. The van der Waals surface area contributed by atoms with Crippen molar-refractivity contribution < 1.29 is 4.74 Å². The van der Waals surface area contributed by atoms with Crippen LogP contribution in [-0.2, 0) is 6.42 Å². The van der Waals surface area contributed by atoms with E-state index in [2.05, 4.69) is 61.9 Å². The van der Waals surface area contributed by atoms with E-state index in [1.165, 1.54) is 0 Å². The summed E-state index contributed by atoms with van der Waals surface area (Å²) in [5.74, 6) is 1.92. The van der Waals surface area contributed by atoms with Crippen LogP contribution in [0.25, 0.3) is 11.5 Å². The molecule has 1 N–H and O–H groups in total. The first-order chi connectivity index (χ1) is 10.2. The quantitative estimate of drug-likeness (QED) is 0.754. The van der Waals surface area contributed by atoms with Gasteiger partial charge in [-0.25, -0.2) is 9.97 Å². The lowest BCUT2D eigenvalue weighted by atomic mass is 10.3. The van der Waals surface area contributed by atoms with Crippen LogP contribution in [-0.4, -0.2) is 33.8 Å². The number of aromatic nitrogens is 4. The molecule has 0 aliphatic rings. The van der Waals surface area contributed by atoms with Gasteiger partial charge >= 0.3 is 0 Å². The molecule has 0 aliphatic carbocycles. The van der Waals surface area contributed by atoms with Crippen LogP contribution < -0.4 is 10.1 Å². The lowest BCUT2D eigenvalue weighted by Crippen LogP contribution is -2.09. The molecule has 7 heteroatoms. The molecule has 0 fully saturated rings. The van der Waals surface area contributed by atoms with Gasteiger partial charge in [-0.3, -0.25) is 0 Å². The van der Waals surface area contributed by atoms with Gasteiger partial charge in [-0.15, -0.1) is 10.2 Å². The van der Waals surface area contributed by atoms with Crippen molar-refractivity contribution in [3.63, 3.8) is 0 Å². The Bertz CT molecular complexity index is 603. The fraction of sp³-hybridized carbons (Fsp3) is 0.429. The zero-order valence-electron chi connectivity index (χ0n) is 12.4. The number of aryl methyl sites for hydroxylation is 1. The summed E-state index contributed by atoms with van der Waals surface area (Å²) in [6.07, 6.45) is 1.89. The molecule has 2 heterocycles. The maximum atomic E-state index is 5.02. The summed E-state index contributed by atoms with van der Waals surface area (Å²) in [6.45, 7) is 5.08. The SMILES string of the molecule is CCCNc1nc(-c2ccc(OC)nn2)nc(CC)c1I. The average Bonchev–Trinajstić information content (AvgIpc) is 2.54. The molecular formula is C14H18IN5O. The Labute approximate surface area is 137 Å². The molecule has 0 aliphatic heterocycles. The molecule has 0 radical (unpaired) electrons. The van der Waals surface area contributed by atoms with Crippen LogP contribution in [0.4, 0.5) is 5.82 Å². The van der Waals surface area contributed by atoms with Gasteiger partial charge < -0.3 is 10.1 Å². The third-order valence-corrected chi connectivity index (χ3v) is 4.01. The molecule has 0 amide bonds. The Balaban J connectivity index is 2.41. The van der Waals surface area contributed by atoms with Crippen LogP contribution in [0.3, 0.4) is 0 Å². The van der Waals surface area contributed by atoms with E-state index in [0.29, 0.717) is 17.4 Å². The van der Waals surface area contributed by atoms with E-state index in [1.807, 2.05) is 6.07 Å². The van der Waals surface area contributed by atoms with Gasteiger partial charge in [0.25, 0.3) is 0 Å². The minimum Gasteiger partial charge on any atom is -0.480 e. The summed E-state index contributed by atoms with van der Waals surface area (Å²) >= 11 is 2.28. The van der Waals surface area contributed by atoms with E-state index in [9.17, 15) is 0 Å². The molecule has 2 aromatic heterocycles. The van der Waals surface area contributed by atoms with Gasteiger partial charge in [0.2, 0.25) is 5.88 Å². The van der Waals surface area contributed by atoms with Gasteiger partial charge in [0.1, 0.15) is 11.5 Å². The van der Waals surface area contributed by atoms with E-state index in [4.69, 9.17) is 4.74 Å². The number of nitrogens with zero attached hydrogens (tertiary/aromatic N) is 4. The third kappa shape index (κ3) is 3.78. The van der Waals surface area contributed by atoms with Gasteiger partial charge in [0.05, 0.1) is 16.4 Å². The van der Waals surface area contributed by atoms with E-state index in [-0.39, 0.29) is 0 Å². The first kappa shape index (κ1) is 15.9. The second-order valence-electron chi connectivity index (χ2n) is 4.40. The highest BCUT2D eigenvalue weighted by Crippen LogP contribution is 2.23. The topological polar surface area (TPSA) is 72.8 Å². The molecule has 2 rings (SSSR count). The number of ether oxygens (including phenoxy) is 1. The second-order valence-corrected chi connectivity index (χ2v) is 5.48. The summed E-state index contributed by atoms with van der Waals surface area (Å²) < 4.78 is 6.08. The zero-order valence-corrected chi connectivity index (χ0v) is 14.5. The highest BCUT2D eigenvalue weighted by atomic mass is 127. The molecule has 21 heavy (non-hydrogen) atoms. The Hall–Kier alpha value is -1.51. The maximum absolute atomic E-state index is 5.02. The largest absolute Gasteiger partial charge is 0.480 e. The molecule has 0 unspecified atom stereocenters. The standard InChI is InChI=1S/C14H18IN5O/c1-4-8-16-14-12(15)9(5-2)17-13(18-14)10-6-7-11(21-3)20-19-10/h6-7H,4-5,8H2,1-3H3,(H,16,17,18). The fourth-order valence-electron chi connectivity index (χ4n) is 1.75. The molecule has 0 aromatic carbocycles. The average molecular weight is 399 g/mol. The first-order valence-electron chi connectivity index (χ1n) is 6.87. The molecule has 2 aromatic rings. The summed E-state index contributed by atoms with van der Waals surface area (Å²) in [7, 11) is 1.56. The van der Waals surface area contributed by atoms with Crippen molar-refractivity contribution in [2.45, 2.75) is 26.7 Å². The summed E-state index contributed by atoms with van der Waals surface area (Å²) in [6, 6.07) is 3.57. The monoisotopic (exact) mass is 399 g/mol. The Morgan fingerprint density at radius 1 is 1.19 bits per heavy atom. The molecule has 0 spiro atoms. The van der Waals surface area contributed by atoms with Crippen LogP contribution in [0, 0.1) is 3.57 Å². The van der Waals surface area contributed by atoms with Crippen molar-refractivity contribution in [1.29, 1.82) is 0 Å². The number of hydrogen-bond acceptors (Lipinski definition) is 6. The number of anilines is 1. The van der Waals surface area contributed by atoms with E-state index in [1.54, 1.807) is 13.2 Å². The Morgan fingerprint density at radius 2 is 2.00 bits per heavy atom. The van der Waals surface area contributed by atoms with Gasteiger partial charge in [-0.2, -0.15) is 0 Å². The van der Waals surface area contributed by atoms with Crippen molar-refractivity contribution in [3.05, 3.63) is 21.4 Å². The first-order valence-corrected chi connectivity index (χ1v) is 7.95. The number of nitrogens with one attached hydrogen (secondary N) is 1. The van der Waals surface area contributed by atoms with E-state index < -0.39 is 0 Å². The smallest absolute Gasteiger partial charge is 0.233 e. The van der Waals surface area contributed by atoms with Crippen LogP contribution in [0.1, 0.15) is 26.0 Å². The van der Waals surface area contributed by atoms with Gasteiger partial charge in [0.15, 0.2) is 5.82 Å². The number of methoxy groups -OCH3 is 1. The van der Waals surface area contributed by atoms with Crippen LogP contribution in [0.2, 0.25) is 0 Å². The van der Waals surface area contributed by atoms with Crippen molar-refractivity contribution in [2.75, 3.05) is 19.0 Å². The van der Waals surface area contributed by atoms with Crippen LogP contribution >= 0.6 is 22.6 Å². The lowest BCUT2D eigenvalue weighted by Gasteiger charge is -2.11. The minimum absolute atomic E-state index is 0.476. The summed E-state index contributed by atoms with van der Waals surface area (Å²) in [5, 5.41) is 11.4. The predicted molar refractivity (Wildman–Crippen MR) is 90.5 cm³/mol. The maximum Gasteiger partial charge on any atom is 0.233 e. The predicted octanol–water partition coefficient (Wildman–Crippen LogP) is 2.93. The summed E-state index contributed by atoms with van der Waals surface area (Å²) in [5.41, 5.74) is 1.65. The molecule has 0 atom stereocenters. The van der Waals surface area contributed by atoms with E-state index >= 15 is 0 Å². The van der Waals surface area contributed by atoms with Crippen molar-refractivity contribution >= 4 is 28.4 Å². The minimum atomic E-state index is 0.476. The molecule has 0 saturated heterocycles. The van der Waals surface area contributed by atoms with Gasteiger partial charge in [-0.05, 0) is 41.5 Å². The van der Waals surface area contributed by atoms with Crippen LogP contribution in [0.5, 0.6) is 5.88 Å². The Kier molecular flexibility index (Phi) is 5.66.